The zero-order valence-corrected chi connectivity index (χ0v) is 6.34. The SMILES string of the molecule is C=CC[C@@H]1CCN(C)C1=O. The molecule has 0 aromatic carbocycles. The molecule has 0 aliphatic carbocycles. The fraction of sp³-hybridized carbons (Fsp3) is 0.625. The van der Waals surface area contributed by atoms with Gasteiger partial charge < -0.3 is 4.90 Å². The third-order valence-corrected chi connectivity index (χ3v) is 1.99. The van der Waals surface area contributed by atoms with E-state index in [1.54, 1.807) is 4.90 Å². The maximum atomic E-state index is 11.2. The number of nitrogens with zero attached hydrogens (tertiary/aromatic N) is 1. The van der Waals surface area contributed by atoms with E-state index in [2.05, 4.69) is 6.58 Å². The lowest BCUT2D eigenvalue weighted by Gasteiger charge is -2.07. The van der Waals surface area contributed by atoms with Crippen LogP contribution in [-0.4, -0.2) is 24.4 Å². The Kier molecular flexibility index (Phi) is 2.10. The lowest BCUT2D eigenvalue weighted by atomic mass is 10.0. The molecule has 0 unspecified atom stereocenters. The fourth-order valence-corrected chi connectivity index (χ4v) is 1.31. The monoisotopic (exact) mass is 139 g/mol. The third-order valence-electron chi connectivity index (χ3n) is 1.99. The van der Waals surface area contributed by atoms with E-state index >= 15 is 0 Å². The second-order valence-electron chi connectivity index (χ2n) is 2.77. The van der Waals surface area contributed by atoms with Crippen molar-refractivity contribution in [3.8, 4) is 0 Å². The Balaban J connectivity index is 2.48. The molecule has 2 heteroatoms. The minimum absolute atomic E-state index is 0.225. The van der Waals surface area contributed by atoms with Crippen molar-refractivity contribution in [2.24, 2.45) is 5.92 Å². The van der Waals surface area contributed by atoms with Crippen molar-refractivity contribution < 1.29 is 4.79 Å². The third kappa shape index (κ3) is 1.20. The smallest absolute Gasteiger partial charge is 0.225 e. The summed E-state index contributed by atoms with van der Waals surface area (Å²) in [6.07, 6.45) is 3.66. The molecule has 0 aromatic rings. The van der Waals surface area contributed by atoms with Crippen LogP contribution in [0.15, 0.2) is 12.7 Å². The quantitative estimate of drug-likeness (QED) is 0.523. The van der Waals surface area contributed by atoms with E-state index in [1.165, 1.54) is 0 Å². The van der Waals surface area contributed by atoms with Crippen molar-refractivity contribution in [3.05, 3.63) is 12.7 Å². The van der Waals surface area contributed by atoms with Crippen molar-refractivity contribution in [1.29, 1.82) is 0 Å². The van der Waals surface area contributed by atoms with E-state index in [9.17, 15) is 4.79 Å². The Bertz CT molecular complexity index is 153. The summed E-state index contributed by atoms with van der Waals surface area (Å²) in [5.41, 5.74) is 0. The van der Waals surface area contributed by atoms with E-state index in [4.69, 9.17) is 0 Å². The van der Waals surface area contributed by atoms with Crippen LogP contribution in [0.4, 0.5) is 0 Å². The molecule has 0 aromatic heterocycles. The molecule has 1 saturated heterocycles. The molecule has 1 atom stereocenters. The van der Waals surface area contributed by atoms with Gasteiger partial charge in [0.25, 0.3) is 0 Å². The van der Waals surface area contributed by atoms with Crippen molar-refractivity contribution in [1.82, 2.24) is 4.90 Å². The van der Waals surface area contributed by atoms with Crippen LogP contribution in [0.2, 0.25) is 0 Å². The van der Waals surface area contributed by atoms with E-state index in [0.717, 1.165) is 19.4 Å². The molecule has 0 spiro atoms. The van der Waals surface area contributed by atoms with Crippen LogP contribution >= 0.6 is 0 Å². The van der Waals surface area contributed by atoms with Gasteiger partial charge in [-0.25, -0.2) is 0 Å². The highest BCUT2D eigenvalue weighted by Crippen LogP contribution is 2.19. The largest absolute Gasteiger partial charge is 0.345 e. The predicted molar refractivity (Wildman–Crippen MR) is 40.6 cm³/mol. The number of carbonyl (C=O) groups is 1. The van der Waals surface area contributed by atoms with Gasteiger partial charge in [-0.2, -0.15) is 0 Å². The van der Waals surface area contributed by atoms with Gasteiger partial charge in [0.1, 0.15) is 0 Å². The minimum atomic E-state index is 0.225. The van der Waals surface area contributed by atoms with Gasteiger partial charge >= 0.3 is 0 Å². The topological polar surface area (TPSA) is 20.3 Å². The summed E-state index contributed by atoms with van der Waals surface area (Å²) >= 11 is 0. The van der Waals surface area contributed by atoms with Gasteiger partial charge in [0.15, 0.2) is 0 Å². The van der Waals surface area contributed by atoms with E-state index in [-0.39, 0.29) is 11.8 Å². The number of likely N-dealkylation sites (tertiary alicyclic amines) is 1. The molecule has 0 saturated carbocycles. The fourth-order valence-electron chi connectivity index (χ4n) is 1.31. The molecule has 0 bridgehead atoms. The molecule has 1 amide bonds. The first-order valence-corrected chi connectivity index (χ1v) is 3.61. The summed E-state index contributed by atoms with van der Waals surface area (Å²) in [5, 5.41) is 0. The van der Waals surface area contributed by atoms with Gasteiger partial charge in [0, 0.05) is 19.5 Å². The van der Waals surface area contributed by atoms with Gasteiger partial charge in [-0.3, -0.25) is 4.79 Å². The summed E-state index contributed by atoms with van der Waals surface area (Å²) in [6.45, 7) is 4.53. The molecule has 0 N–H and O–H groups in total. The van der Waals surface area contributed by atoms with Crippen LogP contribution < -0.4 is 0 Å². The Labute approximate surface area is 61.5 Å². The average molecular weight is 139 g/mol. The summed E-state index contributed by atoms with van der Waals surface area (Å²) in [4.78, 5) is 13.0. The Morgan fingerprint density at radius 1 is 1.90 bits per heavy atom. The van der Waals surface area contributed by atoms with Gasteiger partial charge in [-0.05, 0) is 12.8 Å². The number of hydrogen-bond donors (Lipinski definition) is 0. The van der Waals surface area contributed by atoms with Crippen LogP contribution in [0.1, 0.15) is 12.8 Å². The minimum Gasteiger partial charge on any atom is -0.345 e. The first kappa shape index (κ1) is 7.32. The number of hydrogen-bond acceptors (Lipinski definition) is 1. The Hall–Kier alpha value is -0.790. The zero-order valence-electron chi connectivity index (χ0n) is 6.34. The van der Waals surface area contributed by atoms with Crippen molar-refractivity contribution in [2.45, 2.75) is 12.8 Å². The highest BCUT2D eigenvalue weighted by Gasteiger charge is 2.27. The van der Waals surface area contributed by atoms with Crippen LogP contribution in [0.5, 0.6) is 0 Å². The van der Waals surface area contributed by atoms with Crippen molar-refractivity contribution >= 4 is 5.91 Å². The maximum Gasteiger partial charge on any atom is 0.225 e. The lowest BCUT2D eigenvalue weighted by Crippen LogP contribution is -2.22. The van der Waals surface area contributed by atoms with Crippen molar-refractivity contribution in [2.75, 3.05) is 13.6 Å². The van der Waals surface area contributed by atoms with Crippen LogP contribution in [-0.2, 0) is 4.79 Å². The molecule has 56 valence electrons. The molecule has 1 aliphatic rings. The molecule has 1 aliphatic heterocycles. The van der Waals surface area contributed by atoms with Gasteiger partial charge in [0.2, 0.25) is 5.91 Å². The average Bonchev–Trinajstić information content (AvgIpc) is 2.20. The molecule has 1 heterocycles. The zero-order chi connectivity index (χ0) is 7.56. The van der Waals surface area contributed by atoms with Crippen LogP contribution in [0.25, 0.3) is 0 Å². The molecular formula is C8H13NO. The van der Waals surface area contributed by atoms with Crippen molar-refractivity contribution in [3.63, 3.8) is 0 Å². The normalized spacial score (nSPS) is 25.5. The first-order valence-electron chi connectivity index (χ1n) is 3.61. The number of amides is 1. The van der Waals surface area contributed by atoms with Gasteiger partial charge in [-0.15, -0.1) is 6.58 Å². The predicted octanol–water partition coefficient (Wildman–Crippen LogP) is 1.04. The van der Waals surface area contributed by atoms with E-state index in [1.807, 2.05) is 13.1 Å². The van der Waals surface area contributed by atoms with Crippen LogP contribution in [0.3, 0.4) is 0 Å². The number of rotatable bonds is 2. The Morgan fingerprint density at radius 3 is 3.00 bits per heavy atom. The highest BCUT2D eigenvalue weighted by molar-refractivity contribution is 5.80. The summed E-state index contributed by atoms with van der Waals surface area (Å²) in [7, 11) is 1.85. The molecule has 10 heavy (non-hydrogen) atoms. The number of carbonyl (C=O) groups excluding carboxylic acids is 1. The van der Waals surface area contributed by atoms with Crippen LogP contribution in [0, 0.1) is 5.92 Å². The summed E-state index contributed by atoms with van der Waals surface area (Å²) in [6, 6.07) is 0. The maximum absolute atomic E-state index is 11.2. The van der Waals surface area contributed by atoms with Gasteiger partial charge in [-0.1, -0.05) is 6.08 Å². The second kappa shape index (κ2) is 2.86. The molecule has 1 fully saturated rings. The van der Waals surface area contributed by atoms with E-state index in [0.29, 0.717) is 0 Å². The second-order valence-corrected chi connectivity index (χ2v) is 2.77. The molecular weight excluding hydrogens is 126 g/mol. The number of allylic oxidation sites excluding steroid dienone is 1. The van der Waals surface area contributed by atoms with Gasteiger partial charge in [0.05, 0.1) is 0 Å². The standard InChI is InChI=1S/C8H13NO/c1-3-4-7-5-6-9(2)8(7)10/h3,7H,1,4-6H2,2H3/t7-/m1/s1. The molecule has 1 rings (SSSR count). The summed E-state index contributed by atoms with van der Waals surface area (Å²) < 4.78 is 0. The molecule has 0 radical (unpaired) electrons. The lowest BCUT2D eigenvalue weighted by molar-refractivity contribution is -0.129. The molecule has 2 nitrogen and oxygen atoms in total. The first-order chi connectivity index (χ1) is 4.75. The Morgan fingerprint density at radius 2 is 2.60 bits per heavy atom. The van der Waals surface area contributed by atoms with E-state index < -0.39 is 0 Å². The summed E-state index contributed by atoms with van der Waals surface area (Å²) in [5.74, 6) is 0.502. The highest BCUT2D eigenvalue weighted by atomic mass is 16.2.